The Morgan fingerprint density at radius 2 is 2.04 bits per heavy atom. The van der Waals surface area contributed by atoms with E-state index in [2.05, 4.69) is 20.5 Å². The molecule has 5 nitrogen and oxygen atoms in total. The summed E-state index contributed by atoms with van der Waals surface area (Å²) >= 11 is 1.51. The van der Waals surface area contributed by atoms with Gasteiger partial charge in [-0.1, -0.05) is 12.1 Å². The highest BCUT2D eigenvalue weighted by Crippen LogP contribution is 2.27. The summed E-state index contributed by atoms with van der Waals surface area (Å²) < 4.78 is 5.24. The predicted octanol–water partition coefficient (Wildman–Crippen LogP) is 4.05. The van der Waals surface area contributed by atoms with Crippen molar-refractivity contribution in [2.24, 2.45) is 5.10 Å². The van der Waals surface area contributed by atoms with Crippen molar-refractivity contribution in [3.63, 3.8) is 0 Å². The zero-order valence-electron chi connectivity index (χ0n) is 12.9. The molecule has 0 saturated heterocycles. The number of anilines is 1. The normalized spacial score (nSPS) is 11.3. The summed E-state index contributed by atoms with van der Waals surface area (Å²) in [5.74, 6) is 0.816. The smallest absolute Gasteiger partial charge is 0.203 e. The van der Waals surface area contributed by atoms with E-state index in [0.29, 0.717) is 0 Å². The molecule has 0 unspecified atom stereocenters. The Labute approximate surface area is 138 Å². The summed E-state index contributed by atoms with van der Waals surface area (Å²) in [6.45, 7) is 1.94. The van der Waals surface area contributed by atoms with Crippen molar-refractivity contribution in [3.8, 4) is 17.0 Å². The summed E-state index contributed by atoms with van der Waals surface area (Å²) in [5.41, 5.74) is 6.82. The highest BCUT2D eigenvalue weighted by Gasteiger charge is 2.05. The number of methoxy groups -OCH3 is 1. The molecule has 0 atom stereocenters. The van der Waals surface area contributed by atoms with E-state index in [1.54, 1.807) is 19.5 Å². The Balaban J connectivity index is 1.74. The molecule has 2 aromatic heterocycles. The fourth-order valence-electron chi connectivity index (χ4n) is 2.03. The van der Waals surface area contributed by atoms with Crippen molar-refractivity contribution in [1.29, 1.82) is 0 Å². The van der Waals surface area contributed by atoms with Gasteiger partial charge in [0.1, 0.15) is 5.75 Å². The Morgan fingerprint density at radius 3 is 2.83 bits per heavy atom. The molecule has 23 heavy (non-hydrogen) atoms. The highest BCUT2D eigenvalue weighted by atomic mass is 32.1. The van der Waals surface area contributed by atoms with Gasteiger partial charge in [-0.3, -0.25) is 10.4 Å². The maximum absolute atomic E-state index is 5.24. The van der Waals surface area contributed by atoms with E-state index >= 15 is 0 Å². The van der Waals surface area contributed by atoms with Gasteiger partial charge in [0.25, 0.3) is 0 Å². The number of hydrazone groups is 1. The van der Waals surface area contributed by atoms with Crippen molar-refractivity contribution in [2.75, 3.05) is 12.5 Å². The number of pyridine rings is 1. The lowest BCUT2D eigenvalue weighted by atomic mass is 10.2. The first kappa shape index (κ1) is 15.2. The number of ether oxygens (including phenoxy) is 1. The minimum absolute atomic E-state index is 0.747. The van der Waals surface area contributed by atoms with Crippen molar-refractivity contribution in [3.05, 3.63) is 59.7 Å². The topological polar surface area (TPSA) is 59.4 Å². The molecule has 1 aromatic carbocycles. The van der Waals surface area contributed by atoms with Crippen molar-refractivity contribution in [1.82, 2.24) is 9.97 Å². The lowest BCUT2D eigenvalue weighted by Gasteiger charge is -2.02. The summed E-state index contributed by atoms with van der Waals surface area (Å²) in [4.78, 5) is 8.56. The van der Waals surface area contributed by atoms with Crippen LogP contribution in [0.2, 0.25) is 0 Å². The third-order valence-electron chi connectivity index (χ3n) is 3.29. The van der Waals surface area contributed by atoms with Crippen LogP contribution in [0.15, 0.2) is 59.3 Å². The van der Waals surface area contributed by atoms with E-state index in [1.807, 2.05) is 48.7 Å². The van der Waals surface area contributed by atoms with E-state index in [1.165, 1.54) is 11.3 Å². The van der Waals surface area contributed by atoms with Gasteiger partial charge in [-0.2, -0.15) is 5.10 Å². The van der Waals surface area contributed by atoms with Crippen LogP contribution >= 0.6 is 11.3 Å². The molecule has 0 amide bonds. The van der Waals surface area contributed by atoms with Crippen LogP contribution in [0.25, 0.3) is 11.3 Å². The molecule has 0 aliphatic rings. The van der Waals surface area contributed by atoms with E-state index in [9.17, 15) is 0 Å². The van der Waals surface area contributed by atoms with Gasteiger partial charge in [0.05, 0.1) is 18.5 Å². The SMILES string of the molecule is COc1cccc(-c2csc(N/N=C(\C)c3ccncc3)n2)c1. The molecule has 0 aliphatic heterocycles. The third-order valence-corrected chi connectivity index (χ3v) is 4.03. The zero-order valence-corrected chi connectivity index (χ0v) is 13.7. The summed E-state index contributed by atoms with van der Waals surface area (Å²) in [6, 6.07) is 11.7. The van der Waals surface area contributed by atoms with Gasteiger partial charge in [-0.05, 0) is 31.2 Å². The van der Waals surface area contributed by atoms with Crippen LogP contribution in [0.4, 0.5) is 5.13 Å². The molecule has 0 radical (unpaired) electrons. The van der Waals surface area contributed by atoms with E-state index in [4.69, 9.17) is 4.74 Å². The second-order valence-electron chi connectivity index (χ2n) is 4.81. The molecule has 0 fully saturated rings. The van der Waals surface area contributed by atoms with Crippen molar-refractivity contribution < 1.29 is 4.74 Å². The predicted molar refractivity (Wildman–Crippen MR) is 94.2 cm³/mol. The monoisotopic (exact) mass is 324 g/mol. The third kappa shape index (κ3) is 3.73. The van der Waals surface area contributed by atoms with Crippen molar-refractivity contribution >= 4 is 22.2 Å². The molecule has 3 rings (SSSR count). The number of benzene rings is 1. The van der Waals surface area contributed by atoms with Crippen LogP contribution in [0, 0.1) is 0 Å². The number of thiazole rings is 1. The summed E-state index contributed by atoms with van der Waals surface area (Å²) in [6.07, 6.45) is 3.50. The zero-order chi connectivity index (χ0) is 16.1. The average Bonchev–Trinajstić information content (AvgIpc) is 3.09. The van der Waals surface area contributed by atoms with Crippen LogP contribution in [0.3, 0.4) is 0 Å². The Bertz CT molecular complexity index is 814. The van der Waals surface area contributed by atoms with E-state index in [-0.39, 0.29) is 0 Å². The van der Waals surface area contributed by atoms with Crippen LogP contribution < -0.4 is 10.2 Å². The van der Waals surface area contributed by atoms with Gasteiger partial charge in [-0.25, -0.2) is 4.98 Å². The second-order valence-corrected chi connectivity index (χ2v) is 5.67. The summed E-state index contributed by atoms with van der Waals surface area (Å²) in [7, 11) is 1.66. The molecule has 0 aliphatic carbocycles. The first-order valence-corrected chi connectivity index (χ1v) is 7.95. The van der Waals surface area contributed by atoms with Gasteiger partial charge < -0.3 is 4.74 Å². The molecule has 0 spiro atoms. The molecule has 0 bridgehead atoms. The molecule has 1 N–H and O–H groups in total. The maximum atomic E-state index is 5.24. The van der Waals surface area contributed by atoms with Gasteiger partial charge in [0, 0.05) is 28.9 Å². The molecule has 116 valence electrons. The Hall–Kier alpha value is -2.73. The number of hydrogen-bond donors (Lipinski definition) is 1. The van der Waals surface area contributed by atoms with Crippen LogP contribution in [-0.4, -0.2) is 22.8 Å². The minimum atomic E-state index is 0.747. The molecule has 2 heterocycles. The highest BCUT2D eigenvalue weighted by molar-refractivity contribution is 7.14. The molecular weight excluding hydrogens is 308 g/mol. The van der Waals surface area contributed by atoms with Crippen LogP contribution in [-0.2, 0) is 0 Å². The number of aromatic nitrogens is 2. The van der Waals surface area contributed by atoms with Gasteiger partial charge >= 0.3 is 0 Å². The number of nitrogens with one attached hydrogen (secondary N) is 1. The fourth-order valence-corrected chi connectivity index (χ4v) is 2.69. The lowest BCUT2D eigenvalue weighted by Crippen LogP contribution is -1.99. The quantitative estimate of drug-likeness (QED) is 0.568. The molecular formula is C17H16N4OS. The molecule has 6 heteroatoms. The molecule has 0 saturated carbocycles. The number of hydrogen-bond acceptors (Lipinski definition) is 6. The van der Waals surface area contributed by atoms with Crippen LogP contribution in [0.1, 0.15) is 12.5 Å². The second kappa shape index (κ2) is 7.02. The minimum Gasteiger partial charge on any atom is -0.497 e. The number of nitrogens with zero attached hydrogens (tertiary/aromatic N) is 3. The molecule has 3 aromatic rings. The van der Waals surface area contributed by atoms with E-state index in [0.717, 1.165) is 33.4 Å². The van der Waals surface area contributed by atoms with Gasteiger partial charge in [0.15, 0.2) is 0 Å². The maximum Gasteiger partial charge on any atom is 0.203 e. The number of rotatable bonds is 5. The average molecular weight is 324 g/mol. The van der Waals surface area contributed by atoms with Gasteiger partial charge in [0.2, 0.25) is 5.13 Å². The lowest BCUT2D eigenvalue weighted by molar-refractivity contribution is 0.415. The standard InChI is InChI=1S/C17H16N4OS/c1-12(13-6-8-18-9-7-13)20-21-17-19-16(11-23-17)14-4-3-5-15(10-14)22-2/h3-11H,1-2H3,(H,19,21)/b20-12+. The first-order valence-electron chi connectivity index (χ1n) is 7.07. The largest absolute Gasteiger partial charge is 0.497 e. The van der Waals surface area contributed by atoms with Crippen LogP contribution in [0.5, 0.6) is 5.75 Å². The Kier molecular flexibility index (Phi) is 4.63. The van der Waals surface area contributed by atoms with Gasteiger partial charge in [-0.15, -0.1) is 11.3 Å². The summed E-state index contributed by atoms with van der Waals surface area (Å²) in [5, 5.41) is 7.11. The first-order chi connectivity index (χ1) is 11.3. The van der Waals surface area contributed by atoms with Crippen molar-refractivity contribution in [2.45, 2.75) is 6.92 Å². The fraction of sp³-hybridized carbons (Fsp3) is 0.118. The Morgan fingerprint density at radius 1 is 1.22 bits per heavy atom. The van der Waals surface area contributed by atoms with E-state index < -0.39 is 0 Å².